The van der Waals surface area contributed by atoms with Gasteiger partial charge in [0.25, 0.3) is 5.69 Å². The molecule has 2 unspecified atom stereocenters. The van der Waals surface area contributed by atoms with Crippen molar-refractivity contribution in [3.05, 3.63) is 22.2 Å². The molecule has 1 aliphatic rings. The van der Waals surface area contributed by atoms with Crippen molar-refractivity contribution >= 4 is 17.3 Å². The summed E-state index contributed by atoms with van der Waals surface area (Å²) < 4.78 is 0. The standard InChI is InChI=1S/C11H17N5O3/c1-11(2)7(5-8(11)17)13-9-3-6(16(18)19)4-10(14-9)15-12/h3-4,7-8,17H,5,12H2,1-2H3,(H2,13,14,15). The number of pyridine rings is 1. The van der Waals surface area contributed by atoms with Gasteiger partial charge in [0.05, 0.1) is 23.2 Å². The van der Waals surface area contributed by atoms with Crippen molar-refractivity contribution in [2.75, 3.05) is 10.7 Å². The fourth-order valence-electron chi connectivity index (χ4n) is 2.10. The number of nitro groups is 1. The largest absolute Gasteiger partial charge is 0.392 e. The predicted molar refractivity (Wildman–Crippen MR) is 70.5 cm³/mol. The van der Waals surface area contributed by atoms with Crippen LogP contribution < -0.4 is 16.6 Å². The van der Waals surface area contributed by atoms with Crippen LogP contribution >= 0.6 is 0 Å². The van der Waals surface area contributed by atoms with Crippen molar-refractivity contribution in [2.24, 2.45) is 11.3 Å². The van der Waals surface area contributed by atoms with E-state index in [0.717, 1.165) is 0 Å². The van der Waals surface area contributed by atoms with Gasteiger partial charge < -0.3 is 15.8 Å². The first kappa shape index (κ1) is 13.5. The number of aromatic nitrogens is 1. The van der Waals surface area contributed by atoms with Gasteiger partial charge in [0.1, 0.15) is 11.6 Å². The van der Waals surface area contributed by atoms with Gasteiger partial charge in [-0.05, 0) is 6.42 Å². The summed E-state index contributed by atoms with van der Waals surface area (Å²) in [4.78, 5) is 14.4. The maximum absolute atomic E-state index is 10.8. The monoisotopic (exact) mass is 267 g/mol. The number of aliphatic hydroxyl groups is 1. The van der Waals surface area contributed by atoms with Crippen LogP contribution in [0.15, 0.2) is 12.1 Å². The van der Waals surface area contributed by atoms with Gasteiger partial charge in [0.2, 0.25) is 0 Å². The Morgan fingerprint density at radius 1 is 1.53 bits per heavy atom. The van der Waals surface area contributed by atoms with Crippen LogP contribution in [0, 0.1) is 15.5 Å². The molecule has 0 amide bonds. The van der Waals surface area contributed by atoms with E-state index >= 15 is 0 Å². The molecular weight excluding hydrogens is 250 g/mol. The smallest absolute Gasteiger partial charge is 0.276 e. The van der Waals surface area contributed by atoms with Gasteiger partial charge in [-0.1, -0.05) is 13.8 Å². The molecule has 0 saturated heterocycles. The first-order chi connectivity index (χ1) is 8.84. The Morgan fingerprint density at radius 2 is 2.16 bits per heavy atom. The molecule has 5 N–H and O–H groups in total. The molecule has 0 spiro atoms. The molecule has 8 heteroatoms. The van der Waals surface area contributed by atoms with E-state index in [0.29, 0.717) is 12.2 Å². The molecule has 1 aliphatic carbocycles. The van der Waals surface area contributed by atoms with Crippen LogP contribution in [-0.2, 0) is 0 Å². The molecular formula is C11H17N5O3. The summed E-state index contributed by atoms with van der Waals surface area (Å²) in [6.45, 7) is 3.86. The summed E-state index contributed by atoms with van der Waals surface area (Å²) in [6.07, 6.45) is 0.207. The molecule has 1 aromatic rings. The Kier molecular flexibility index (Phi) is 3.29. The molecule has 8 nitrogen and oxygen atoms in total. The summed E-state index contributed by atoms with van der Waals surface area (Å²) in [7, 11) is 0. The average Bonchev–Trinajstić information content (AvgIpc) is 2.38. The zero-order valence-corrected chi connectivity index (χ0v) is 10.8. The van der Waals surface area contributed by atoms with Crippen molar-refractivity contribution in [2.45, 2.75) is 32.4 Å². The number of rotatable bonds is 4. The summed E-state index contributed by atoms with van der Waals surface area (Å²) in [5.74, 6) is 5.82. The normalized spacial score (nSPS) is 24.4. The number of hydrazine groups is 1. The molecule has 2 rings (SSSR count). The molecule has 104 valence electrons. The van der Waals surface area contributed by atoms with Crippen molar-refractivity contribution in [3.8, 4) is 0 Å². The first-order valence-electron chi connectivity index (χ1n) is 5.92. The minimum absolute atomic E-state index is 0.0163. The Balaban J connectivity index is 2.21. The maximum Gasteiger partial charge on any atom is 0.276 e. The van der Waals surface area contributed by atoms with Crippen LogP contribution in [-0.4, -0.2) is 27.2 Å². The van der Waals surface area contributed by atoms with E-state index in [1.807, 2.05) is 13.8 Å². The molecule has 0 aliphatic heterocycles. The van der Waals surface area contributed by atoms with E-state index in [2.05, 4.69) is 15.7 Å². The third-order valence-corrected chi connectivity index (χ3v) is 3.71. The van der Waals surface area contributed by atoms with Gasteiger partial charge in [0.15, 0.2) is 0 Å². The third kappa shape index (κ3) is 2.45. The lowest BCUT2D eigenvalue weighted by molar-refractivity contribution is -0.384. The van der Waals surface area contributed by atoms with Crippen molar-refractivity contribution in [1.29, 1.82) is 0 Å². The van der Waals surface area contributed by atoms with E-state index in [1.54, 1.807) is 0 Å². The molecule has 1 heterocycles. The van der Waals surface area contributed by atoms with Crippen LogP contribution in [0.5, 0.6) is 0 Å². The number of hydrogen-bond acceptors (Lipinski definition) is 7. The van der Waals surface area contributed by atoms with E-state index in [9.17, 15) is 15.2 Å². The minimum Gasteiger partial charge on any atom is -0.392 e. The maximum atomic E-state index is 10.8. The fraction of sp³-hybridized carbons (Fsp3) is 0.545. The lowest BCUT2D eigenvalue weighted by atomic mass is 9.64. The first-order valence-corrected chi connectivity index (χ1v) is 5.92. The zero-order chi connectivity index (χ0) is 14.2. The van der Waals surface area contributed by atoms with E-state index < -0.39 is 4.92 Å². The van der Waals surface area contributed by atoms with Gasteiger partial charge in [-0.3, -0.25) is 10.1 Å². The second-order valence-corrected chi connectivity index (χ2v) is 5.27. The Morgan fingerprint density at radius 3 is 2.63 bits per heavy atom. The third-order valence-electron chi connectivity index (χ3n) is 3.71. The quantitative estimate of drug-likeness (QED) is 0.362. The summed E-state index contributed by atoms with van der Waals surface area (Å²) in [6, 6.07) is 2.62. The highest BCUT2D eigenvalue weighted by atomic mass is 16.6. The molecule has 19 heavy (non-hydrogen) atoms. The van der Waals surface area contributed by atoms with Crippen molar-refractivity contribution in [1.82, 2.24) is 4.98 Å². The number of nitrogens with two attached hydrogens (primary N) is 1. The van der Waals surface area contributed by atoms with E-state index in [-0.39, 0.29) is 29.1 Å². The number of nitrogen functional groups attached to an aromatic ring is 1. The second-order valence-electron chi connectivity index (χ2n) is 5.27. The van der Waals surface area contributed by atoms with Gasteiger partial charge in [-0.25, -0.2) is 10.8 Å². The number of aliphatic hydroxyl groups excluding tert-OH is 1. The Hall–Kier alpha value is -1.93. The topological polar surface area (TPSA) is 126 Å². The van der Waals surface area contributed by atoms with Crippen LogP contribution in [0.2, 0.25) is 0 Å². The van der Waals surface area contributed by atoms with Crippen molar-refractivity contribution in [3.63, 3.8) is 0 Å². The van der Waals surface area contributed by atoms with Crippen molar-refractivity contribution < 1.29 is 10.0 Å². The van der Waals surface area contributed by atoms with E-state index in [4.69, 9.17) is 5.84 Å². The minimum atomic E-state index is -0.505. The van der Waals surface area contributed by atoms with Crippen LogP contribution in [0.3, 0.4) is 0 Å². The number of nitrogens with zero attached hydrogens (tertiary/aromatic N) is 2. The summed E-state index contributed by atoms with van der Waals surface area (Å²) in [5, 5.41) is 23.6. The molecule has 2 atom stereocenters. The highest BCUT2D eigenvalue weighted by Gasteiger charge is 2.47. The molecule has 1 fully saturated rings. The SMILES string of the molecule is CC1(C)C(O)CC1Nc1cc([N+](=O)[O-])cc(NN)n1. The molecule has 0 radical (unpaired) electrons. The highest BCUT2D eigenvalue weighted by molar-refractivity contribution is 5.55. The van der Waals surface area contributed by atoms with E-state index in [1.165, 1.54) is 12.1 Å². The summed E-state index contributed by atoms with van der Waals surface area (Å²) in [5.41, 5.74) is 1.91. The van der Waals surface area contributed by atoms with Gasteiger partial charge in [-0.2, -0.15) is 0 Å². The molecule has 1 saturated carbocycles. The highest BCUT2D eigenvalue weighted by Crippen LogP contribution is 2.42. The Bertz CT molecular complexity index is 505. The summed E-state index contributed by atoms with van der Waals surface area (Å²) >= 11 is 0. The fourth-order valence-corrected chi connectivity index (χ4v) is 2.10. The molecule has 1 aromatic heterocycles. The predicted octanol–water partition coefficient (Wildman–Crippen LogP) is 0.847. The number of nitrogens with one attached hydrogen (secondary N) is 2. The van der Waals surface area contributed by atoms with Crippen LogP contribution in [0.1, 0.15) is 20.3 Å². The van der Waals surface area contributed by atoms with Gasteiger partial charge >= 0.3 is 0 Å². The number of hydrogen-bond donors (Lipinski definition) is 4. The lowest BCUT2D eigenvalue weighted by Gasteiger charge is -2.49. The number of anilines is 2. The van der Waals surface area contributed by atoms with Gasteiger partial charge in [0, 0.05) is 11.5 Å². The van der Waals surface area contributed by atoms with Gasteiger partial charge in [-0.15, -0.1) is 0 Å². The molecule has 0 aromatic carbocycles. The van der Waals surface area contributed by atoms with Crippen LogP contribution in [0.25, 0.3) is 0 Å². The lowest BCUT2D eigenvalue weighted by Crippen LogP contribution is -2.57. The Labute approximate surface area is 110 Å². The average molecular weight is 267 g/mol. The molecule has 0 bridgehead atoms. The van der Waals surface area contributed by atoms with Crippen LogP contribution in [0.4, 0.5) is 17.3 Å². The zero-order valence-electron chi connectivity index (χ0n) is 10.8. The second kappa shape index (κ2) is 4.63.